The van der Waals surface area contributed by atoms with Gasteiger partial charge < -0.3 is 4.74 Å². The lowest BCUT2D eigenvalue weighted by Gasteiger charge is -2.07. The predicted molar refractivity (Wildman–Crippen MR) is 72.7 cm³/mol. The third kappa shape index (κ3) is 3.47. The first kappa shape index (κ1) is 12.9. The Hall–Kier alpha value is -1.54. The molecule has 0 saturated carbocycles. The van der Waals surface area contributed by atoms with Crippen LogP contribution in [0.1, 0.15) is 6.42 Å². The van der Waals surface area contributed by atoms with Gasteiger partial charge in [-0.15, -0.1) is 11.6 Å². The standard InChI is InChI=1S/C15H14ClFO/c16-8-3-9-18-15-7-2-5-13(11-15)12-4-1-6-14(17)10-12/h1-2,4-7,10-11H,3,8-9H2. The molecule has 0 amide bonds. The molecule has 0 fully saturated rings. The molecule has 0 aliphatic carbocycles. The van der Waals surface area contributed by atoms with Crippen LogP contribution in [0.25, 0.3) is 11.1 Å². The molecule has 2 aromatic rings. The monoisotopic (exact) mass is 264 g/mol. The second-order valence-electron chi connectivity index (χ2n) is 3.93. The molecule has 0 bridgehead atoms. The summed E-state index contributed by atoms with van der Waals surface area (Å²) in [5.41, 5.74) is 1.79. The fourth-order valence-corrected chi connectivity index (χ4v) is 1.79. The number of hydrogen-bond donors (Lipinski definition) is 0. The third-order valence-corrected chi connectivity index (χ3v) is 2.81. The Bertz CT molecular complexity index is 513. The first-order chi connectivity index (χ1) is 8.79. The topological polar surface area (TPSA) is 9.23 Å². The van der Waals surface area contributed by atoms with Crippen molar-refractivity contribution < 1.29 is 9.13 Å². The van der Waals surface area contributed by atoms with Crippen molar-refractivity contribution in [3.63, 3.8) is 0 Å². The molecule has 18 heavy (non-hydrogen) atoms. The molecular formula is C15H14ClFO. The SMILES string of the molecule is Fc1cccc(-c2cccc(OCCCCl)c2)c1. The van der Waals surface area contributed by atoms with Gasteiger partial charge in [0.2, 0.25) is 0 Å². The zero-order valence-corrected chi connectivity index (χ0v) is 10.7. The van der Waals surface area contributed by atoms with Crippen LogP contribution in [0.2, 0.25) is 0 Å². The lowest BCUT2D eigenvalue weighted by atomic mass is 10.1. The van der Waals surface area contributed by atoms with Crippen molar-refractivity contribution in [2.75, 3.05) is 12.5 Å². The summed E-state index contributed by atoms with van der Waals surface area (Å²) in [5.74, 6) is 1.13. The molecule has 2 rings (SSSR count). The summed E-state index contributed by atoms with van der Waals surface area (Å²) in [7, 11) is 0. The maximum absolute atomic E-state index is 13.2. The molecule has 0 aliphatic heterocycles. The molecule has 0 atom stereocenters. The van der Waals surface area contributed by atoms with Gasteiger partial charge in [-0.1, -0.05) is 24.3 Å². The van der Waals surface area contributed by atoms with E-state index in [2.05, 4.69) is 0 Å². The molecule has 2 aromatic carbocycles. The Morgan fingerprint density at radius 3 is 2.44 bits per heavy atom. The third-order valence-electron chi connectivity index (χ3n) is 2.54. The van der Waals surface area contributed by atoms with E-state index in [1.807, 2.05) is 30.3 Å². The van der Waals surface area contributed by atoms with Crippen LogP contribution in [0.4, 0.5) is 4.39 Å². The van der Waals surface area contributed by atoms with Gasteiger partial charge in [0, 0.05) is 5.88 Å². The quantitative estimate of drug-likeness (QED) is 0.571. The minimum Gasteiger partial charge on any atom is -0.494 e. The summed E-state index contributed by atoms with van der Waals surface area (Å²) in [6, 6.07) is 14.1. The minimum absolute atomic E-state index is 0.235. The van der Waals surface area contributed by atoms with E-state index < -0.39 is 0 Å². The van der Waals surface area contributed by atoms with Crippen LogP contribution < -0.4 is 4.74 Å². The average Bonchev–Trinajstić information content (AvgIpc) is 2.39. The highest BCUT2D eigenvalue weighted by Crippen LogP contribution is 2.24. The molecule has 0 saturated heterocycles. The first-order valence-electron chi connectivity index (χ1n) is 5.84. The number of hydrogen-bond acceptors (Lipinski definition) is 1. The van der Waals surface area contributed by atoms with E-state index in [0.717, 1.165) is 23.3 Å². The smallest absolute Gasteiger partial charge is 0.123 e. The lowest BCUT2D eigenvalue weighted by Crippen LogP contribution is -1.97. The molecule has 0 heterocycles. The van der Waals surface area contributed by atoms with E-state index in [9.17, 15) is 4.39 Å². The number of halogens is 2. The Kier molecular flexibility index (Phi) is 4.59. The summed E-state index contributed by atoms with van der Waals surface area (Å²) in [6.45, 7) is 0.593. The van der Waals surface area contributed by atoms with Gasteiger partial charge in [0.15, 0.2) is 0 Å². The molecule has 0 aromatic heterocycles. The summed E-state index contributed by atoms with van der Waals surface area (Å²) in [4.78, 5) is 0. The van der Waals surface area contributed by atoms with E-state index in [1.54, 1.807) is 6.07 Å². The van der Waals surface area contributed by atoms with Crippen molar-refractivity contribution in [3.05, 3.63) is 54.3 Å². The van der Waals surface area contributed by atoms with Gasteiger partial charge in [-0.3, -0.25) is 0 Å². The van der Waals surface area contributed by atoms with Crippen molar-refractivity contribution in [3.8, 4) is 16.9 Å². The van der Waals surface area contributed by atoms with Gasteiger partial charge in [-0.05, 0) is 41.8 Å². The van der Waals surface area contributed by atoms with Gasteiger partial charge in [0.1, 0.15) is 11.6 Å². The fourth-order valence-electron chi connectivity index (χ4n) is 1.68. The normalized spacial score (nSPS) is 10.3. The van der Waals surface area contributed by atoms with Gasteiger partial charge in [0.05, 0.1) is 6.61 Å². The number of benzene rings is 2. The van der Waals surface area contributed by atoms with Gasteiger partial charge in [0.25, 0.3) is 0 Å². The molecule has 0 aliphatic rings. The number of ether oxygens (including phenoxy) is 1. The largest absolute Gasteiger partial charge is 0.494 e. The van der Waals surface area contributed by atoms with Gasteiger partial charge >= 0.3 is 0 Å². The van der Waals surface area contributed by atoms with E-state index in [4.69, 9.17) is 16.3 Å². The van der Waals surface area contributed by atoms with Crippen LogP contribution in [0, 0.1) is 5.82 Å². The van der Waals surface area contributed by atoms with Crippen LogP contribution >= 0.6 is 11.6 Å². The Labute approximate surface area is 111 Å². The highest BCUT2D eigenvalue weighted by atomic mass is 35.5. The summed E-state index contributed by atoms with van der Waals surface area (Å²) in [5, 5.41) is 0. The highest BCUT2D eigenvalue weighted by Gasteiger charge is 2.01. The van der Waals surface area contributed by atoms with E-state index in [1.165, 1.54) is 12.1 Å². The van der Waals surface area contributed by atoms with Gasteiger partial charge in [-0.25, -0.2) is 4.39 Å². The summed E-state index contributed by atoms with van der Waals surface area (Å²) in [6.07, 6.45) is 0.811. The molecule has 0 unspecified atom stereocenters. The van der Waals surface area contributed by atoms with Crippen LogP contribution in [-0.4, -0.2) is 12.5 Å². The van der Waals surface area contributed by atoms with E-state index in [-0.39, 0.29) is 5.82 Å². The summed E-state index contributed by atoms with van der Waals surface area (Å²) < 4.78 is 18.7. The molecule has 1 nitrogen and oxygen atoms in total. The van der Waals surface area contributed by atoms with Crippen molar-refractivity contribution in [1.29, 1.82) is 0 Å². The van der Waals surface area contributed by atoms with Crippen LogP contribution in [0.15, 0.2) is 48.5 Å². The second-order valence-corrected chi connectivity index (χ2v) is 4.31. The van der Waals surface area contributed by atoms with Crippen LogP contribution in [0.5, 0.6) is 5.75 Å². The molecule has 0 spiro atoms. The Balaban J connectivity index is 2.16. The Morgan fingerprint density at radius 1 is 1.00 bits per heavy atom. The highest BCUT2D eigenvalue weighted by molar-refractivity contribution is 6.17. The van der Waals surface area contributed by atoms with Crippen LogP contribution in [-0.2, 0) is 0 Å². The lowest BCUT2D eigenvalue weighted by molar-refractivity contribution is 0.318. The molecule has 0 N–H and O–H groups in total. The predicted octanol–water partition coefficient (Wildman–Crippen LogP) is 4.50. The van der Waals surface area contributed by atoms with E-state index in [0.29, 0.717) is 12.5 Å². The average molecular weight is 265 g/mol. The zero-order chi connectivity index (χ0) is 12.8. The molecule has 94 valence electrons. The van der Waals surface area contributed by atoms with Crippen molar-refractivity contribution in [1.82, 2.24) is 0 Å². The van der Waals surface area contributed by atoms with Crippen molar-refractivity contribution >= 4 is 11.6 Å². The van der Waals surface area contributed by atoms with Crippen LogP contribution in [0.3, 0.4) is 0 Å². The second kappa shape index (κ2) is 6.41. The van der Waals surface area contributed by atoms with Crippen molar-refractivity contribution in [2.45, 2.75) is 6.42 Å². The van der Waals surface area contributed by atoms with E-state index >= 15 is 0 Å². The van der Waals surface area contributed by atoms with Crippen molar-refractivity contribution in [2.24, 2.45) is 0 Å². The number of rotatable bonds is 5. The summed E-state index contributed by atoms with van der Waals surface area (Å²) >= 11 is 5.59. The maximum atomic E-state index is 13.2. The minimum atomic E-state index is -0.235. The molecular weight excluding hydrogens is 251 g/mol. The number of alkyl halides is 1. The maximum Gasteiger partial charge on any atom is 0.123 e. The molecule has 3 heteroatoms. The first-order valence-corrected chi connectivity index (χ1v) is 6.38. The Morgan fingerprint density at radius 2 is 1.72 bits per heavy atom. The fraction of sp³-hybridized carbons (Fsp3) is 0.200. The zero-order valence-electron chi connectivity index (χ0n) is 9.90. The van der Waals surface area contributed by atoms with Gasteiger partial charge in [-0.2, -0.15) is 0 Å². The molecule has 0 radical (unpaired) electrons.